The number of nitrogens with zero attached hydrogens (tertiary/aromatic N) is 1. The normalized spacial score (nSPS) is 9.40. The second-order valence-corrected chi connectivity index (χ2v) is 2.63. The fourth-order valence-electron chi connectivity index (χ4n) is 0.880. The standard InChI is InChI=1S/C9H10N2O4/c1-15-7(13)5-11-9(14)8-6(12)3-2-4-10-8/h2-4,12H,5H2,1H3,(H,11,14). The molecule has 0 aromatic carbocycles. The Hall–Kier alpha value is -2.11. The lowest BCUT2D eigenvalue weighted by molar-refractivity contribution is -0.139. The zero-order valence-electron chi connectivity index (χ0n) is 8.06. The number of carbonyl (C=O) groups excluding carboxylic acids is 2. The van der Waals surface area contributed by atoms with Crippen molar-refractivity contribution in [2.45, 2.75) is 0 Å². The third-order valence-corrected chi connectivity index (χ3v) is 1.62. The van der Waals surface area contributed by atoms with Gasteiger partial charge in [-0.25, -0.2) is 4.98 Å². The van der Waals surface area contributed by atoms with E-state index >= 15 is 0 Å². The van der Waals surface area contributed by atoms with Gasteiger partial charge in [-0.1, -0.05) is 0 Å². The van der Waals surface area contributed by atoms with Gasteiger partial charge in [0, 0.05) is 6.20 Å². The summed E-state index contributed by atoms with van der Waals surface area (Å²) in [7, 11) is 1.22. The molecule has 1 heterocycles. The number of amides is 1. The molecule has 6 nitrogen and oxygen atoms in total. The van der Waals surface area contributed by atoms with Crippen LogP contribution in [0.25, 0.3) is 0 Å². The quantitative estimate of drug-likeness (QED) is 0.668. The largest absolute Gasteiger partial charge is 0.505 e. The SMILES string of the molecule is COC(=O)CNC(=O)c1ncccc1O. The van der Waals surface area contributed by atoms with Crippen LogP contribution in [0.1, 0.15) is 10.5 Å². The summed E-state index contributed by atoms with van der Waals surface area (Å²) >= 11 is 0. The highest BCUT2D eigenvalue weighted by Crippen LogP contribution is 2.11. The van der Waals surface area contributed by atoms with Gasteiger partial charge in [0.25, 0.3) is 5.91 Å². The lowest BCUT2D eigenvalue weighted by Crippen LogP contribution is -2.30. The number of aromatic nitrogens is 1. The van der Waals surface area contributed by atoms with Crippen molar-refractivity contribution in [2.24, 2.45) is 0 Å². The number of esters is 1. The van der Waals surface area contributed by atoms with Crippen molar-refractivity contribution in [1.29, 1.82) is 0 Å². The Balaban J connectivity index is 2.62. The van der Waals surface area contributed by atoms with Gasteiger partial charge in [-0.3, -0.25) is 9.59 Å². The number of aromatic hydroxyl groups is 1. The van der Waals surface area contributed by atoms with Crippen LogP contribution in [0.5, 0.6) is 5.75 Å². The van der Waals surface area contributed by atoms with Crippen molar-refractivity contribution in [3.63, 3.8) is 0 Å². The summed E-state index contributed by atoms with van der Waals surface area (Å²) < 4.78 is 4.33. The molecule has 1 aromatic heterocycles. The van der Waals surface area contributed by atoms with Crippen LogP contribution in [-0.2, 0) is 9.53 Å². The lowest BCUT2D eigenvalue weighted by Gasteiger charge is -2.04. The van der Waals surface area contributed by atoms with Gasteiger partial charge in [0.05, 0.1) is 7.11 Å². The summed E-state index contributed by atoms with van der Waals surface area (Å²) in [6, 6.07) is 2.83. The molecule has 1 amide bonds. The van der Waals surface area contributed by atoms with E-state index in [1.807, 2.05) is 0 Å². The highest BCUT2D eigenvalue weighted by Gasteiger charge is 2.12. The second kappa shape index (κ2) is 4.94. The summed E-state index contributed by atoms with van der Waals surface area (Å²) in [6.07, 6.45) is 1.37. The maximum Gasteiger partial charge on any atom is 0.325 e. The third-order valence-electron chi connectivity index (χ3n) is 1.62. The van der Waals surface area contributed by atoms with Gasteiger partial charge < -0.3 is 15.2 Å². The van der Waals surface area contributed by atoms with E-state index in [-0.39, 0.29) is 18.0 Å². The van der Waals surface area contributed by atoms with E-state index < -0.39 is 11.9 Å². The first-order chi connectivity index (χ1) is 7.15. The molecule has 15 heavy (non-hydrogen) atoms. The lowest BCUT2D eigenvalue weighted by atomic mass is 10.3. The van der Waals surface area contributed by atoms with Gasteiger partial charge in [-0.05, 0) is 12.1 Å². The molecule has 0 atom stereocenters. The number of carbonyl (C=O) groups is 2. The van der Waals surface area contributed by atoms with Crippen molar-refractivity contribution in [2.75, 3.05) is 13.7 Å². The van der Waals surface area contributed by atoms with E-state index in [9.17, 15) is 14.7 Å². The van der Waals surface area contributed by atoms with Gasteiger partial charge in [0.2, 0.25) is 0 Å². The van der Waals surface area contributed by atoms with Gasteiger partial charge in [-0.15, -0.1) is 0 Å². The summed E-state index contributed by atoms with van der Waals surface area (Å²) in [4.78, 5) is 25.7. The molecule has 0 fully saturated rings. The number of nitrogens with one attached hydrogen (secondary N) is 1. The number of hydrogen-bond donors (Lipinski definition) is 2. The van der Waals surface area contributed by atoms with E-state index in [2.05, 4.69) is 15.0 Å². The van der Waals surface area contributed by atoms with Gasteiger partial charge in [0.1, 0.15) is 12.3 Å². The molecule has 0 aliphatic rings. The molecule has 0 aliphatic heterocycles. The average Bonchev–Trinajstić information content (AvgIpc) is 2.26. The minimum Gasteiger partial charge on any atom is -0.505 e. The highest BCUT2D eigenvalue weighted by molar-refractivity contribution is 5.96. The predicted molar refractivity (Wildman–Crippen MR) is 50.3 cm³/mol. The fourth-order valence-corrected chi connectivity index (χ4v) is 0.880. The van der Waals surface area contributed by atoms with Crippen LogP contribution < -0.4 is 5.32 Å². The van der Waals surface area contributed by atoms with Crippen LogP contribution in [0.4, 0.5) is 0 Å². The maximum atomic E-state index is 11.3. The zero-order valence-corrected chi connectivity index (χ0v) is 8.06. The topological polar surface area (TPSA) is 88.5 Å². The number of ether oxygens (including phenoxy) is 1. The third kappa shape index (κ3) is 2.94. The van der Waals surface area contributed by atoms with E-state index in [1.165, 1.54) is 25.4 Å². The van der Waals surface area contributed by atoms with Gasteiger partial charge in [-0.2, -0.15) is 0 Å². The molecule has 0 unspecified atom stereocenters. The molecule has 0 saturated heterocycles. The molecule has 6 heteroatoms. The molecule has 0 radical (unpaired) electrons. The Morgan fingerprint density at radius 2 is 2.33 bits per heavy atom. The molecule has 1 rings (SSSR count). The summed E-state index contributed by atoms with van der Waals surface area (Å²) in [6.45, 7) is -0.259. The van der Waals surface area contributed by atoms with Crippen LogP contribution >= 0.6 is 0 Å². The number of hydrogen-bond acceptors (Lipinski definition) is 5. The molecule has 0 bridgehead atoms. The minimum atomic E-state index is -0.626. The Labute approximate surface area is 85.9 Å². The van der Waals surface area contributed by atoms with Crippen LogP contribution in [0.15, 0.2) is 18.3 Å². The Kier molecular flexibility index (Phi) is 3.61. The zero-order chi connectivity index (χ0) is 11.3. The molecule has 2 N–H and O–H groups in total. The molecule has 1 aromatic rings. The first kappa shape index (κ1) is 11.0. The summed E-state index contributed by atoms with van der Waals surface area (Å²) in [5.74, 6) is -1.43. The van der Waals surface area contributed by atoms with Crippen LogP contribution in [0.3, 0.4) is 0 Å². The molecular formula is C9H10N2O4. The van der Waals surface area contributed by atoms with Crippen molar-refractivity contribution in [3.8, 4) is 5.75 Å². The van der Waals surface area contributed by atoms with Gasteiger partial charge in [0.15, 0.2) is 5.69 Å². The highest BCUT2D eigenvalue weighted by atomic mass is 16.5. The van der Waals surface area contributed by atoms with Crippen molar-refractivity contribution >= 4 is 11.9 Å². The van der Waals surface area contributed by atoms with Crippen LogP contribution in [0, 0.1) is 0 Å². The van der Waals surface area contributed by atoms with Crippen molar-refractivity contribution in [3.05, 3.63) is 24.0 Å². The maximum absolute atomic E-state index is 11.3. The molecule has 0 saturated carbocycles. The number of methoxy groups -OCH3 is 1. The van der Waals surface area contributed by atoms with Gasteiger partial charge >= 0.3 is 5.97 Å². The van der Waals surface area contributed by atoms with Crippen molar-refractivity contribution in [1.82, 2.24) is 10.3 Å². The molecule has 0 aliphatic carbocycles. The summed E-state index contributed by atoms with van der Waals surface area (Å²) in [5.41, 5.74) is -0.124. The monoisotopic (exact) mass is 210 g/mol. The van der Waals surface area contributed by atoms with E-state index in [4.69, 9.17) is 0 Å². The number of rotatable bonds is 3. The molecule has 0 spiro atoms. The Morgan fingerprint density at radius 3 is 2.93 bits per heavy atom. The molecule has 80 valence electrons. The number of pyridine rings is 1. The Morgan fingerprint density at radius 1 is 1.60 bits per heavy atom. The predicted octanol–water partition coefficient (Wildman–Crippen LogP) is -0.310. The van der Waals surface area contributed by atoms with E-state index in [1.54, 1.807) is 0 Å². The smallest absolute Gasteiger partial charge is 0.325 e. The molecular weight excluding hydrogens is 200 g/mol. The van der Waals surface area contributed by atoms with Crippen LogP contribution in [-0.4, -0.2) is 35.6 Å². The minimum absolute atomic E-state index is 0.124. The van der Waals surface area contributed by atoms with Crippen LogP contribution in [0.2, 0.25) is 0 Å². The fraction of sp³-hybridized carbons (Fsp3) is 0.222. The Bertz CT molecular complexity index is 378. The summed E-state index contributed by atoms with van der Waals surface area (Å²) in [5, 5.41) is 11.5. The second-order valence-electron chi connectivity index (χ2n) is 2.63. The van der Waals surface area contributed by atoms with Crippen molar-refractivity contribution < 1.29 is 19.4 Å². The first-order valence-corrected chi connectivity index (χ1v) is 4.14. The van der Waals surface area contributed by atoms with E-state index in [0.717, 1.165) is 0 Å². The van der Waals surface area contributed by atoms with E-state index in [0.29, 0.717) is 0 Å². The first-order valence-electron chi connectivity index (χ1n) is 4.14. The average molecular weight is 210 g/mol.